The fraction of sp³-hybridized carbons (Fsp3) is 0.900. The lowest BCUT2D eigenvalue weighted by atomic mass is 10.0. The van der Waals surface area contributed by atoms with Crippen molar-refractivity contribution < 1.29 is 18.3 Å². The summed E-state index contributed by atoms with van der Waals surface area (Å²) in [6.07, 6.45) is 0.393. The average Bonchev–Trinajstić information content (AvgIpc) is 2.54. The highest BCUT2D eigenvalue weighted by Crippen LogP contribution is 2.18. The number of rotatable bonds is 4. The van der Waals surface area contributed by atoms with Gasteiger partial charge in [0.25, 0.3) is 0 Å². The van der Waals surface area contributed by atoms with Crippen molar-refractivity contribution in [3.63, 3.8) is 0 Å². The molecule has 5 nitrogen and oxygen atoms in total. The van der Waals surface area contributed by atoms with Gasteiger partial charge in [0, 0.05) is 0 Å². The molecular formula is C10H19NO4S. The molecule has 94 valence electrons. The smallest absolute Gasteiger partial charge is 0.224 e. The first-order valence-corrected chi connectivity index (χ1v) is 7.29. The highest BCUT2D eigenvalue weighted by molar-refractivity contribution is 7.91. The van der Waals surface area contributed by atoms with E-state index in [0.29, 0.717) is 6.42 Å². The minimum Gasteiger partial charge on any atom is -0.394 e. The van der Waals surface area contributed by atoms with Crippen LogP contribution in [0.5, 0.6) is 0 Å². The van der Waals surface area contributed by atoms with Crippen molar-refractivity contribution in [2.45, 2.75) is 26.3 Å². The van der Waals surface area contributed by atoms with Crippen LogP contribution in [0.15, 0.2) is 0 Å². The molecule has 0 radical (unpaired) electrons. The molecule has 1 aliphatic rings. The number of carbonyl (C=O) groups excluding carboxylic acids is 1. The number of aliphatic hydroxyl groups is 1. The highest BCUT2D eigenvalue weighted by Gasteiger charge is 2.33. The summed E-state index contributed by atoms with van der Waals surface area (Å²) < 4.78 is 22.4. The monoisotopic (exact) mass is 249 g/mol. The Bertz CT molecular complexity index is 350. The Labute approximate surface area is 96.1 Å². The number of carbonyl (C=O) groups is 1. The molecule has 2 N–H and O–H groups in total. The second-order valence-electron chi connectivity index (χ2n) is 4.64. The fourth-order valence-electron chi connectivity index (χ4n) is 1.73. The zero-order valence-electron chi connectivity index (χ0n) is 9.64. The lowest BCUT2D eigenvalue weighted by Gasteiger charge is -2.21. The van der Waals surface area contributed by atoms with E-state index in [1.54, 1.807) is 0 Å². The van der Waals surface area contributed by atoms with Crippen LogP contribution in [0.1, 0.15) is 20.3 Å². The second kappa shape index (κ2) is 5.14. The summed E-state index contributed by atoms with van der Waals surface area (Å²) in [5.74, 6) is -0.537. The molecule has 0 aliphatic carbocycles. The van der Waals surface area contributed by atoms with Crippen molar-refractivity contribution in [2.75, 3.05) is 18.1 Å². The summed E-state index contributed by atoms with van der Waals surface area (Å²) >= 11 is 0. The van der Waals surface area contributed by atoms with Crippen LogP contribution >= 0.6 is 0 Å². The molecule has 1 amide bonds. The quantitative estimate of drug-likeness (QED) is 0.707. The molecule has 16 heavy (non-hydrogen) atoms. The third-order valence-corrected chi connectivity index (χ3v) is 4.70. The zero-order chi connectivity index (χ0) is 12.3. The van der Waals surface area contributed by atoms with Crippen LogP contribution in [0.3, 0.4) is 0 Å². The normalized spacial score (nSPS) is 25.6. The van der Waals surface area contributed by atoms with E-state index in [1.807, 2.05) is 13.8 Å². The predicted octanol–water partition coefficient (Wildman–Crippen LogP) is -0.446. The Morgan fingerprint density at radius 2 is 2.12 bits per heavy atom. The average molecular weight is 249 g/mol. The molecule has 1 aliphatic heterocycles. The van der Waals surface area contributed by atoms with Crippen LogP contribution in [0, 0.1) is 11.8 Å². The largest absolute Gasteiger partial charge is 0.394 e. The molecule has 0 spiro atoms. The lowest BCUT2D eigenvalue weighted by Crippen LogP contribution is -2.44. The summed E-state index contributed by atoms with van der Waals surface area (Å²) in [6, 6.07) is -0.296. The van der Waals surface area contributed by atoms with Crippen LogP contribution < -0.4 is 5.32 Å². The third kappa shape index (κ3) is 3.45. The van der Waals surface area contributed by atoms with Gasteiger partial charge >= 0.3 is 0 Å². The first kappa shape index (κ1) is 13.4. The van der Waals surface area contributed by atoms with E-state index in [4.69, 9.17) is 5.11 Å². The molecule has 2 unspecified atom stereocenters. The fourth-order valence-corrected chi connectivity index (χ4v) is 3.47. The number of hydrogen-bond donors (Lipinski definition) is 2. The van der Waals surface area contributed by atoms with Crippen molar-refractivity contribution in [1.29, 1.82) is 0 Å². The third-order valence-electron chi connectivity index (χ3n) is 2.93. The van der Waals surface area contributed by atoms with Crippen LogP contribution in [-0.4, -0.2) is 43.6 Å². The van der Waals surface area contributed by atoms with Crippen LogP contribution in [0.2, 0.25) is 0 Å². The Morgan fingerprint density at radius 1 is 1.50 bits per heavy atom. The SMILES string of the molecule is CC(C)C(CO)NC(=O)C1CCS(=O)(=O)C1. The number of hydrogen-bond acceptors (Lipinski definition) is 4. The van der Waals surface area contributed by atoms with Gasteiger partial charge in [0.2, 0.25) is 5.91 Å². The molecule has 1 rings (SSSR count). The van der Waals surface area contributed by atoms with Crippen LogP contribution in [0.4, 0.5) is 0 Å². The maximum absolute atomic E-state index is 11.7. The highest BCUT2D eigenvalue weighted by atomic mass is 32.2. The standard InChI is InChI=1S/C10H19NO4S/c1-7(2)9(5-12)11-10(13)8-3-4-16(14,15)6-8/h7-9,12H,3-6H2,1-2H3,(H,11,13). The molecule has 1 saturated heterocycles. The summed E-state index contributed by atoms with van der Waals surface area (Å²) in [4.78, 5) is 11.7. The minimum absolute atomic E-state index is 0.0604. The minimum atomic E-state index is -3.03. The van der Waals surface area contributed by atoms with Crippen molar-refractivity contribution in [1.82, 2.24) is 5.32 Å². The first-order chi connectivity index (χ1) is 7.35. The number of amides is 1. The summed E-state index contributed by atoms with van der Waals surface area (Å²) in [5, 5.41) is 11.8. The summed E-state index contributed by atoms with van der Waals surface area (Å²) in [7, 11) is -3.03. The van der Waals surface area contributed by atoms with Crippen molar-refractivity contribution in [2.24, 2.45) is 11.8 Å². The first-order valence-electron chi connectivity index (χ1n) is 5.47. The van der Waals surface area contributed by atoms with Gasteiger partial charge in [-0.3, -0.25) is 4.79 Å². The predicted molar refractivity (Wildman–Crippen MR) is 60.6 cm³/mol. The van der Waals surface area contributed by atoms with Gasteiger partial charge in [-0.1, -0.05) is 13.8 Å². The van der Waals surface area contributed by atoms with E-state index >= 15 is 0 Å². The Balaban J connectivity index is 2.53. The van der Waals surface area contributed by atoms with E-state index in [-0.39, 0.29) is 36.0 Å². The maximum atomic E-state index is 11.7. The number of sulfone groups is 1. The van der Waals surface area contributed by atoms with Crippen molar-refractivity contribution >= 4 is 15.7 Å². The maximum Gasteiger partial charge on any atom is 0.224 e. The molecule has 0 aromatic rings. The van der Waals surface area contributed by atoms with E-state index in [0.717, 1.165) is 0 Å². The topological polar surface area (TPSA) is 83.5 Å². The van der Waals surface area contributed by atoms with Gasteiger partial charge in [-0.25, -0.2) is 8.42 Å². The molecule has 1 heterocycles. The van der Waals surface area contributed by atoms with Gasteiger partial charge in [0.05, 0.1) is 30.1 Å². The molecule has 2 atom stereocenters. The molecule has 0 aromatic heterocycles. The Hall–Kier alpha value is -0.620. The molecule has 0 aromatic carbocycles. The van der Waals surface area contributed by atoms with Gasteiger partial charge in [-0.15, -0.1) is 0 Å². The summed E-state index contributed by atoms with van der Waals surface area (Å²) in [5.41, 5.74) is 0. The van der Waals surface area contributed by atoms with Gasteiger partial charge in [0.1, 0.15) is 0 Å². The lowest BCUT2D eigenvalue weighted by molar-refractivity contribution is -0.125. The number of nitrogens with one attached hydrogen (secondary N) is 1. The zero-order valence-corrected chi connectivity index (χ0v) is 10.5. The van der Waals surface area contributed by atoms with Gasteiger partial charge in [-0.05, 0) is 12.3 Å². The van der Waals surface area contributed by atoms with Gasteiger partial charge in [-0.2, -0.15) is 0 Å². The summed E-state index contributed by atoms with van der Waals surface area (Å²) in [6.45, 7) is 3.67. The Morgan fingerprint density at radius 3 is 2.50 bits per heavy atom. The van der Waals surface area contributed by atoms with Crippen LogP contribution in [0.25, 0.3) is 0 Å². The van der Waals surface area contributed by atoms with E-state index in [9.17, 15) is 13.2 Å². The van der Waals surface area contributed by atoms with E-state index in [1.165, 1.54) is 0 Å². The molecule has 0 saturated carbocycles. The van der Waals surface area contributed by atoms with Gasteiger partial charge < -0.3 is 10.4 Å². The van der Waals surface area contributed by atoms with Crippen molar-refractivity contribution in [3.8, 4) is 0 Å². The van der Waals surface area contributed by atoms with E-state index in [2.05, 4.69) is 5.32 Å². The van der Waals surface area contributed by atoms with Crippen molar-refractivity contribution in [3.05, 3.63) is 0 Å². The molecular weight excluding hydrogens is 230 g/mol. The molecule has 0 bridgehead atoms. The van der Waals surface area contributed by atoms with Gasteiger partial charge in [0.15, 0.2) is 9.84 Å². The van der Waals surface area contributed by atoms with E-state index < -0.39 is 15.8 Å². The molecule has 6 heteroatoms. The second-order valence-corrected chi connectivity index (χ2v) is 6.87. The van der Waals surface area contributed by atoms with Crippen LogP contribution in [-0.2, 0) is 14.6 Å². The molecule has 1 fully saturated rings. The Kier molecular flexibility index (Phi) is 4.32. The number of aliphatic hydroxyl groups excluding tert-OH is 1.